The fraction of sp³-hybridized carbons (Fsp3) is 0.938. The fourth-order valence-electron chi connectivity index (χ4n) is 2.42. The van der Waals surface area contributed by atoms with Crippen molar-refractivity contribution in [2.24, 2.45) is 5.92 Å². The average Bonchev–Trinajstić information content (AvgIpc) is 2.35. The van der Waals surface area contributed by atoms with Crippen molar-refractivity contribution in [3.05, 3.63) is 0 Å². The van der Waals surface area contributed by atoms with Gasteiger partial charge in [0.05, 0.1) is 12.0 Å². The number of carboxylic acid groups (broad SMARTS) is 1. The lowest BCUT2D eigenvalue weighted by atomic mass is 9.96. The molecule has 0 aliphatic rings. The quantitative estimate of drug-likeness (QED) is 0.489. The zero-order chi connectivity index (χ0) is 14.5. The minimum atomic E-state index is -0.870. The van der Waals surface area contributed by atoms with Gasteiger partial charge in [-0.3, -0.25) is 4.79 Å². The van der Waals surface area contributed by atoms with Gasteiger partial charge in [-0.25, -0.2) is 0 Å². The molecule has 0 spiro atoms. The predicted molar refractivity (Wildman–Crippen MR) is 79.3 cm³/mol. The van der Waals surface area contributed by atoms with Gasteiger partial charge in [0.25, 0.3) is 0 Å². The van der Waals surface area contributed by atoms with E-state index in [1.54, 1.807) is 6.92 Å². The van der Waals surface area contributed by atoms with E-state index in [0.717, 1.165) is 12.8 Å². The first-order valence-corrected chi connectivity index (χ1v) is 8.00. The summed E-state index contributed by atoms with van der Waals surface area (Å²) in [6.07, 6.45) is 12.3. The molecule has 0 radical (unpaired) electrons. The summed E-state index contributed by atoms with van der Waals surface area (Å²) >= 11 is 0. The molecule has 2 atom stereocenters. The van der Waals surface area contributed by atoms with Gasteiger partial charge in [0.1, 0.15) is 0 Å². The van der Waals surface area contributed by atoms with Gasteiger partial charge in [-0.15, -0.1) is 0 Å². The molecule has 3 heteroatoms. The van der Waals surface area contributed by atoms with Crippen LogP contribution in [0.25, 0.3) is 0 Å². The van der Waals surface area contributed by atoms with Gasteiger partial charge < -0.3 is 10.2 Å². The normalized spacial score (nSPS) is 14.3. The van der Waals surface area contributed by atoms with Gasteiger partial charge in [-0.2, -0.15) is 0 Å². The molecule has 0 bridgehead atoms. The predicted octanol–water partition coefficient (Wildman–Crippen LogP) is 4.38. The zero-order valence-electron chi connectivity index (χ0n) is 12.7. The number of aliphatic hydroxyl groups is 1. The minimum Gasteiger partial charge on any atom is -0.481 e. The monoisotopic (exact) mass is 272 g/mol. The van der Waals surface area contributed by atoms with Crippen molar-refractivity contribution < 1.29 is 15.0 Å². The third-order valence-corrected chi connectivity index (χ3v) is 3.77. The molecule has 0 aromatic carbocycles. The van der Waals surface area contributed by atoms with Crippen LogP contribution in [0.2, 0.25) is 0 Å². The molecule has 2 N–H and O–H groups in total. The minimum absolute atomic E-state index is 0.589. The maximum Gasteiger partial charge on any atom is 0.309 e. The highest BCUT2D eigenvalue weighted by molar-refractivity contribution is 5.70. The highest BCUT2D eigenvalue weighted by Crippen LogP contribution is 2.16. The Bertz CT molecular complexity index is 214. The molecule has 0 heterocycles. The maximum absolute atomic E-state index is 10.9. The van der Waals surface area contributed by atoms with Gasteiger partial charge in [0.15, 0.2) is 0 Å². The molecule has 0 aromatic heterocycles. The van der Waals surface area contributed by atoms with Gasteiger partial charge >= 0.3 is 5.97 Å². The molecular formula is C16H32O3. The van der Waals surface area contributed by atoms with E-state index in [4.69, 9.17) is 5.11 Å². The average molecular weight is 272 g/mol. The summed E-state index contributed by atoms with van der Waals surface area (Å²) in [5.74, 6) is -1.46. The Balaban J connectivity index is 3.32. The topological polar surface area (TPSA) is 57.5 Å². The molecule has 0 amide bonds. The van der Waals surface area contributed by atoms with Crippen LogP contribution in [-0.2, 0) is 4.79 Å². The van der Waals surface area contributed by atoms with Crippen molar-refractivity contribution in [2.75, 3.05) is 0 Å². The number of hydrogen-bond donors (Lipinski definition) is 2. The van der Waals surface area contributed by atoms with Crippen molar-refractivity contribution in [1.29, 1.82) is 0 Å². The largest absolute Gasteiger partial charge is 0.481 e. The Morgan fingerprint density at radius 3 is 1.68 bits per heavy atom. The SMILES string of the molecule is CCCCCCCCCCCCC(C(=O)O)C(C)O. The van der Waals surface area contributed by atoms with E-state index in [-0.39, 0.29) is 0 Å². The van der Waals surface area contributed by atoms with Crippen LogP contribution in [0.15, 0.2) is 0 Å². The van der Waals surface area contributed by atoms with E-state index in [0.29, 0.717) is 6.42 Å². The second-order valence-electron chi connectivity index (χ2n) is 5.66. The number of aliphatic carboxylic acids is 1. The Kier molecular flexibility index (Phi) is 12.1. The van der Waals surface area contributed by atoms with Gasteiger partial charge in [-0.05, 0) is 13.3 Å². The van der Waals surface area contributed by atoms with Gasteiger partial charge in [0.2, 0.25) is 0 Å². The van der Waals surface area contributed by atoms with E-state index >= 15 is 0 Å². The van der Waals surface area contributed by atoms with Crippen LogP contribution in [0, 0.1) is 5.92 Å². The molecule has 0 aliphatic carbocycles. The lowest BCUT2D eigenvalue weighted by Crippen LogP contribution is -2.25. The molecule has 0 saturated carbocycles. The van der Waals surface area contributed by atoms with Crippen molar-refractivity contribution in [2.45, 2.75) is 90.6 Å². The van der Waals surface area contributed by atoms with E-state index in [9.17, 15) is 9.90 Å². The van der Waals surface area contributed by atoms with E-state index < -0.39 is 18.0 Å². The summed E-state index contributed by atoms with van der Waals surface area (Å²) in [5, 5.41) is 18.3. The first kappa shape index (κ1) is 18.4. The Hall–Kier alpha value is -0.570. The Morgan fingerprint density at radius 1 is 0.895 bits per heavy atom. The summed E-state index contributed by atoms with van der Waals surface area (Å²) in [6.45, 7) is 3.80. The smallest absolute Gasteiger partial charge is 0.309 e. The van der Waals surface area contributed by atoms with E-state index in [2.05, 4.69) is 6.92 Å². The molecular weight excluding hydrogens is 240 g/mol. The molecule has 0 aliphatic heterocycles. The first-order valence-electron chi connectivity index (χ1n) is 8.00. The van der Waals surface area contributed by atoms with Crippen LogP contribution in [0.1, 0.15) is 84.5 Å². The standard InChI is InChI=1S/C16H32O3/c1-3-4-5-6-7-8-9-10-11-12-13-15(14(2)17)16(18)19/h14-15,17H,3-13H2,1-2H3,(H,18,19). The fourth-order valence-corrected chi connectivity index (χ4v) is 2.42. The Labute approximate surface area is 118 Å². The number of carbonyl (C=O) groups is 1. The third kappa shape index (κ3) is 11.0. The Morgan fingerprint density at radius 2 is 1.32 bits per heavy atom. The van der Waals surface area contributed by atoms with Crippen LogP contribution in [0.5, 0.6) is 0 Å². The zero-order valence-corrected chi connectivity index (χ0v) is 12.7. The molecule has 0 aromatic rings. The van der Waals surface area contributed by atoms with Crippen LogP contribution >= 0.6 is 0 Å². The highest BCUT2D eigenvalue weighted by atomic mass is 16.4. The first-order chi connectivity index (χ1) is 9.09. The van der Waals surface area contributed by atoms with E-state index in [1.807, 2.05) is 0 Å². The number of unbranched alkanes of at least 4 members (excludes halogenated alkanes) is 9. The number of aliphatic hydroxyl groups excluding tert-OH is 1. The molecule has 19 heavy (non-hydrogen) atoms. The molecule has 3 nitrogen and oxygen atoms in total. The maximum atomic E-state index is 10.9. The van der Waals surface area contributed by atoms with Crippen molar-refractivity contribution in [3.8, 4) is 0 Å². The highest BCUT2D eigenvalue weighted by Gasteiger charge is 2.21. The molecule has 114 valence electrons. The van der Waals surface area contributed by atoms with Gasteiger partial charge in [0, 0.05) is 0 Å². The number of rotatable bonds is 13. The molecule has 0 saturated heterocycles. The summed E-state index contributed by atoms with van der Waals surface area (Å²) in [7, 11) is 0. The molecule has 0 fully saturated rings. The van der Waals surface area contributed by atoms with Crippen LogP contribution in [0.3, 0.4) is 0 Å². The number of carboxylic acids is 1. The van der Waals surface area contributed by atoms with Crippen LogP contribution in [0.4, 0.5) is 0 Å². The summed E-state index contributed by atoms with van der Waals surface area (Å²) in [5.41, 5.74) is 0. The van der Waals surface area contributed by atoms with Crippen molar-refractivity contribution in [1.82, 2.24) is 0 Å². The summed E-state index contributed by atoms with van der Waals surface area (Å²) in [6, 6.07) is 0. The van der Waals surface area contributed by atoms with E-state index in [1.165, 1.54) is 51.4 Å². The number of hydrogen-bond acceptors (Lipinski definition) is 2. The second kappa shape index (κ2) is 12.5. The van der Waals surface area contributed by atoms with Crippen LogP contribution < -0.4 is 0 Å². The van der Waals surface area contributed by atoms with Crippen LogP contribution in [-0.4, -0.2) is 22.3 Å². The third-order valence-electron chi connectivity index (χ3n) is 3.77. The summed E-state index contributed by atoms with van der Waals surface area (Å²) < 4.78 is 0. The summed E-state index contributed by atoms with van der Waals surface area (Å²) in [4.78, 5) is 10.9. The van der Waals surface area contributed by atoms with Crippen molar-refractivity contribution in [3.63, 3.8) is 0 Å². The lowest BCUT2D eigenvalue weighted by molar-refractivity contribution is -0.145. The second-order valence-corrected chi connectivity index (χ2v) is 5.66. The molecule has 2 unspecified atom stereocenters. The lowest BCUT2D eigenvalue weighted by Gasteiger charge is -2.14. The van der Waals surface area contributed by atoms with Gasteiger partial charge in [-0.1, -0.05) is 71.1 Å². The van der Waals surface area contributed by atoms with Crippen molar-refractivity contribution >= 4 is 5.97 Å². The molecule has 0 rings (SSSR count).